The Balaban J connectivity index is 2.16. The second-order valence-corrected chi connectivity index (χ2v) is 5.68. The lowest BCUT2D eigenvalue weighted by atomic mass is 9.93. The maximum atomic E-state index is 5.43. The zero-order chi connectivity index (χ0) is 14.8. The van der Waals surface area contributed by atoms with Crippen LogP contribution in [0.15, 0.2) is 45.9 Å². The fraction of sp³-hybridized carbons (Fsp3) is 0.235. The van der Waals surface area contributed by atoms with Gasteiger partial charge in [0.25, 0.3) is 0 Å². The average Bonchev–Trinajstić information content (AvgIpc) is 2.53. The zero-order valence-electron chi connectivity index (χ0n) is 12.0. The van der Waals surface area contributed by atoms with Crippen molar-refractivity contribution in [2.45, 2.75) is 6.42 Å². The number of aliphatic imine (C=N–C) groups is 1. The van der Waals surface area contributed by atoms with Gasteiger partial charge in [0, 0.05) is 22.1 Å². The summed E-state index contributed by atoms with van der Waals surface area (Å²) in [6.45, 7) is 0.791. The Morgan fingerprint density at radius 1 is 1.00 bits per heavy atom. The number of rotatable bonds is 3. The fourth-order valence-electron chi connectivity index (χ4n) is 2.61. The van der Waals surface area contributed by atoms with Gasteiger partial charge >= 0.3 is 0 Å². The average molecular weight is 346 g/mol. The maximum Gasteiger partial charge on any atom is 0.161 e. The monoisotopic (exact) mass is 345 g/mol. The minimum Gasteiger partial charge on any atom is -0.493 e. The Bertz CT molecular complexity index is 710. The lowest BCUT2D eigenvalue weighted by molar-refractivity contribution is 0.354. The lowest BCUT2D eigenvalue weighted by Gasteiger charge is -2.20. The number of fused-ring (bicyclic) bond motifs is 1. The predicted molar refractivity (Wildman–Crippen MR) is 87.9 cm³/mol. The van der Waals surface area contributed by atoms with Gasteiger partial charge < -0.3 is 9.47 Å². The van der Waals surface area contributed by atoms with E-state index in [9.17, 15) is 0 Å². The van der Waals surface area contributed by atoms with E-state index in [0.717, 1.165) is 45.8 Å². The van der Waals surface area contributed by atoms with Crippen LogP contribution in [-0.2, 0) is 6.42 Å². The molecule has 2 aromatic carbocycles. The molecule has 0 saturated carbocycles. The molecule has 0 radical (unpaired) electrons. The summed E-state index contributed by atoms with van der Waals surface area (Å²) in [7, 11) is 3.32. The molecule has 1 heterocycles. The van der Waals surface area contributed by atoms with E-state index in [1.165, 1.54) is 5.56 Å². The van der Waals surface area contributed by atoms with E-state index in [1.807, 2.05) is 24.3 Å². The fourth-order valence-corrected chi connectivity index (χ4v) is 3.08. The Labute approximate surface area is 132 Å². The Morgan fingerprint density at radius 2 is 1.71 bits per heavy atom. The molecule has 0 spiro atoms. The van der Waals surface area contributed by atoms with Crippen molar-refractivity contribution in [1.82, 2.24) is 0 Å². The summed E-state index contributed by atoms with van der Waals surface area (Å²) < 4.78 is 11.9. The first-order valence-corrected chi connectivity index (χ1v) is 7.58. The molecule has 0 fully saturated rings. The molecule has 0 amide bonds. The lowest BCUT2D eigenvalue weighted by Crippen LogP contribution is -2.15. The molecule has 0 saturated heterocycles. The van der Waals surface area contributed by atoms with Crippen LogP contribution in [0.3, 0.4) is 0 Å². The molecule has 3 nitrogen and oxygen atoms in total. The summed E-state index contributed by atoms with van der Waals surface area (Å²) in [5.74, 6) is 1.50. The van der Waals surface area contributed by atoms with Gasteiger partial charge in [-0.15, -0.1) is 0 Å². The molecule has 0 aliphatic carbocycles. The number of halogens is 1. The van der Waals surface area contributed by atoms with Gasteiger partial charge in [0.15, 0.2) is 11.5 Å². The van der Waals surface area contributed by atoms with Gasteiger partial charge in [-0.2, -0.15) is 0 Å². The molecule has 0 bridgehead atoms. The molecule has 2 aromatic rings. The Hall–Kier alpha value is -1.81. The number of ether oxygens (including phenoxy) is 2. The van der Waals surface area contributed by atoms with Crippen LogP contribution in [0.5, 0.6) is 11.5 Å². The van der Waals surface area contributed by atoms with Crippen molar-refractivity contribution in [1.29, 1.82) is 0 Å². The SMILES string of the molecule is COc1cc2c(cc1OC)C(c1ccccc1Br)=NCC2. The number of hydrogen-bond donors (Lipinski definition) is 0. The summed E-state index contributed by atoms with van der Waals surface area (Å²) in [4.78, 5) is 4.72. The van der Waals surface area contributed by atoms with Crippen molar-refractivity contribution in [3.05, 3.63) is 57.6 Å². The quantitative estimate of drug-likeness (QED) is 0.845. The van der Waals surface area contributed by atoms with E-state index in [4.69, 9.17) is 14.5 Å². The maximum absolute atomic E-state index is 5.43. The number of benzene rings is 2. The van der Waals surface area contributed by atoms with Gasteiger partial charge in [-0.05, 0) is 30.2 Å². The minimum absolute atomic E-state index is 0.734. The summed E-state index contributed by atoms with van der Waals surface area (Å²) in [6.07, 6.45) is 0.920. The standard InChI is InChI=1S/C17H16BrNO2/c1-20-15-9-11-7-8-19-17(13(11)10-16(15)21-2)12-5-3-4-6-14(12)18/h3-6,9-10H,7-8H2,1-2H3. The summed E-state index contributed by atoms with van der Waals surface area (Å²) in [5.41, 5.74) is 4.47. The summed E-state index contributed by atoms with van der Waals surface area (Å²) >= 11 is 3.61. The van der Waals surface area contributed by atoms with E-state index in [-0.39, 0.29) is 0 Å². The van der Waals surface area contributed by atoms with E-state index in [1.54, 1.807) is 14.2 Å². The summed E-state index contributed by atoms with van der Waals surface area (Å²) in [6, 6.07) is 12.2. The first-order chi connectivity index (χ1) is 10.2. The van der Waals surface area contributed by atoms with Crippen molar-refractivity contribution < 1.29 is 9.47 Å². The third-order valence-electron chi connectivity index (χ3n) is 3.64. The second-order valence-electron chi connectivity index (χ2n) is 4.82. The van der Waals surface area contributed by atoms with Crippen molar-refractivity contribution >= 4 is 21.6 Å². The van der Waals surface area contributed by atoms with Crippen LogP contribution < -0.4 is 9.47 Å². The van der Waals surface area contributed by atoms with Gasteiger partial charge in [0.2, 0.25) is 0 Å². The van der Waals surface area contributed by atoms with Crippen molar-refractivity contribution in [2.24, 2.45) is 4.99 Å². The second kappa shape index (κ2) is 5.90. The van der Waals surface area contributed by atoms with Crippen LogP contribution in [0.1, 0.15) is 16.7 Å². The van der Waals surface area contributed by atoms with Crippen LogP contribution in [0, 0.1) is 0 Å². The van der Waals surface area contributed by atoms with E-state index < -0.39 is 0 Å². The van der Waals surface area contributed by atoms with Gasteiger partial charge in [-0.25, -0.2) is 0 Å². The number of nitrogens with zero attached hydrogens (tertiary/aromatic N) is 1. The third-order valence-corrected chi connectivity index (χ3v) is 4.34. The minimum atomic E-state index is 0.734. The van der Waals surface area contributed by atoms with E-state index >= 15 is 0 Å². The molecule has 108 valence electrons. The normalized spacial score (nSPS) is 13.4. The highest BCUT2D eigenvalue weighted by atomic mass is 79.9. The highest BCUT2D eigenvalue weighted by Gasteiger charge is 2.20. The molecule has 0 aromatic heterocycles. The summed E-state index contributed by atoms with van der Waals surface area (Å²) in [5, 5.41) is 0. The third kappa shape index (κ3) is 2.56. The van der Waals surface area contributed by atoms with Crippen LogP contribution in [0.4, 0.5) is 0 Å². The van der Waals surface area contributed by atoms with Crippen LogP contribution in [0.2, 0.25) is 0 Å². The highest BCUT2D eigenvalue weighted by molar-refractivity contribution is 9.10. The van der Waals surface area contributed by atoms with Crippen molar-refractivity contribution in [3.8, 4) is 11.5 Å². The molecule has 1 aliphatic rings. The molecular weight excluding hydrogens is 330 g/mol. The molecule has 4 heteroatoms. The van der Waals surface area contributed by atoms with Crippen LogP contribution in [0.25, 0.3) is 0 Å². The van der Waals surface area contributed by atoms with Crippen molar-refractivity contribution in [2.75, 3.05) is 20.8 Å². The number of methoxy groups -OCH3 is 2. The molecule has 0 unspecified atom stereocenters. The Morgan fingerprint density at radius 3 is 2.43 bits per heavy atom. The van der Waals surface area contributed by atoms with Gasteiger partial charge in [-0.1, -0.05) is 34.1 Å². The smallest absolute Gasteiger partial charge is 0.161 e. The molecule has 21 heavy (non-hydrogen) atoms. The van der Waals surface area contributed by atoms with Gasteiger partial charge in [-0.3, -0.25) is 4.99 Å². The van der Waals surface area contributed by atoms with Gasteiger partial charge in [0.05, 0.1) is 19.9 Å². The van der Waals surface area contributed by atoms with Crippen LogP contribution >= 0.6 is 15.9 Å². The first kappa shape index (κ1) is 14.1. The highest BCUT2D eigenvalue weighted by Crippen LogP contribution is 2.34. The topological polar surface area (TPSA) is 30.8 Å². The number of hydrogen-bond acceptors (Lipinski definition) is 3. The zero-order valence-corrected chi connectivity index (χ0v) is 13.6. The van der Waals surface area contributed by atoms with Crippen LogP contribution in [-0.4, -0.2) is 26.5 Å². The van der Waals surface area contributed by atoms with E-state index in [2.05, 4.69) is 28.1 Å². The molecule has 3 rings (SSSR count). The predicted octanol–water partition coefficient (Wildman–Crippen LogP) is 3.86. The van der Waals surface area contributed by atoms with E-state index in [0.29, 0.717) is 0 Å². The largest absolute Gasteiger partial charge is 0.493 e. The van der Waals surface area contributed by atoms with Gasteiger partial charge in [0.1, 0.15) is 0 Å². The molecule has 1 aliphatic heterocycles. The Kier molecular flexibility index (Phi) is 3.97. The molecule has 0 atom stereocenters. The first-order valence-electron chi connectivity index (χ1n) is 6.79. The molecular formula is C17H16BrNO2. The molecule has 0 N–H and O–H groups in total. The van der Waals surface area contributed by atoms with Crippen molar-refractivity contribution in [3.63, 3.8) is 0 Å².